The minimum Gasteiger partial charge on any atom is -0.299 e. The van der Waals surface area contributed by atoms with E-state index in [1.807, 2.05) is 30.3 Å². The number of carbonyl (C=O) groups excluding carboxylic acids is 1. The smallest absolute Gasteiger partial charge is 0.151 e. The molecule has 3 atom stereocenters. The van der Waals surface area contributed by atoms with Crippen molar-refractivity contribution in [3.63, 3.8) is 0 Å². The Kier molecular flexibility index (Phi) is 4.21. The normalized spacial score (nSPS) is 28.2. The molecule has 0 heterocycles. The van der Waals surface area contributed by atoms with E-state index < -0.39 is 0 Å². The molecule has 2 aliphatic rings. The Bertz CT molecular complexity index is 456. The van der Waals surface area contributed by atoms with Crippen LogP contribution in [0.15, 0.2) is 30.3 Å². The van der Waals surface area contributed by atoms with Crippen LogP contribution in [0.1, 0.15) is 31.2 Å². The molecule has 0 aliphatic heterocycles. The van der Waals surface area contributed by atoms with Crippen molar-refractivity contribution in [2.24, 2.45) is 17.8 Å². The van der Waals surface area contributed by atoms with Crippen molar-refractivity contribution in [2.45, 2.75) is 32.1 Å². The number of hydrogen-bond acceptors (Lipinski definition) is 2. The predicted octanol–water partition coefficient (Wildman–Crippen LogP) is 3.17. The van der Waals surface area contributed by atoms with Gasteiger partial charge in [0.05, 0.1) is 6.54 Å². The van der Waals surface area contributed by atoms with E-state index in [1.54, 1.807) is 0 Å². The predicted molar refractivity (Wildman–Crippen MR) is 81.6 cm³/mol. The Morgan fingerprint density at radius 2 is 2.00 bits per heavy atom. The lowest BCUT2D eigenvalue weighted by molar-refractivity contribution is -0.119. The van der Waals surface area contributed by atoms with Crippen molar-refractivity contribution in [3.05, 3.63) is 35.9 Å². The molecule has 20 heavy (non-hydrogen) atoms. The fraction of sp³-hybridized carbons (Fsp3) is 0.611. The highest BCUT2D eigenvalue weighted by Gasteiger charge is 2.39. The van der Waals surface area contributed by atoms with Gasteiger partial charge in [-0.3, -0.25) is 9.69 Å². The number of likely N-dealkylation sites (N-methyl/N-ethyl adjacent to an activating group) is 1. The standard InChI is InChI=1S/C18H25NO/c1-19(12-17-10-15-7-8-16(17)9-15)13-18(20)11-14-5-3-2-4-6-14/h2-6,15-17H,7-13H2,1H3. The van der Waals surface area contributed by atoms with Gasteiger partial charge in [0.1, 0.15) is 0 Å². The van der Waals surface area contributed by atoms with E-state index in [-0.39, 0.29) is 0 Å². The van der Waals surface area contributed by atoms with Crippen LogP contribution in [-0.4, -0.2) is 30.8 Å². The molecule has 2 fully saturated rings. The summed E-state index contributed by atoms with van der Waals surface area (Å²) in [4.78, 5) is 14.4. The van der Waals surface area contributed by atoms with Crippen molar-refractivity contribution < 1.29 is 4.79 Å². The molecule has 0 saturated heterocycles. The van der Waals surface area contributed by atoms with Crippen LogP contribution >= 0.6 is 0 Å². The quantitative estimate of drug-likeness (QED) is 0.792. The minimum absolute atomic E-state index is 0.335. The lowest BCUT2D eigenvalue weighted by atomic mass is 9.88. The summed E-state index contributed by atoms with van der Waals surface area (Å²) < 4.78 is 0. The molecule has 0 aromatic heterocycles. The molecule has 0 spiro atoms. The first-order valence-electron chi connectivity index (χ1n) is 7.95. The van der Waals surface area contributed by atoms with Gasteiger partial charge in [0.2, 0.25) is 0 Å². The zero-order chi connectivity index (χ0) is 13.9. The molecule has 2 aliphatic carbocycles. The van der Waals surface area contributed by atoms with Gasteiger partial charge in [0, 0.05) is 13.0 Å². The van der Waals surface area contributed by atoms with Crippen LogP contribution in [-0.2, 0) is 11.2 Å². The number of fused-ring (bicyclic) bond motifs is 2. The summed E-state index contributed by atoms with van der Waals surface area (Å²) >= 11 is 0. The first-order valence-corrected chi connectivity index (χ1v) is 7.95. The van der Waals surface area contributed by atoms with Crippen molar-refractivity contribution in [3.8, 4) is 0 Å². The molecule has 108 valence electrons. The lowest BCUT2D eigenvalue weighted by Gasteiger charge is -2.26. The van der Waals surface area contributed by atoms with E-state index in [0.29, 0.717) is 18.7 Å². The largest absolute Gasteiger partial charge is 0.299 e. The minimum atomic E-state index is 0.335. The Morgan fingerprint density at radius 3 is 2.65 bits per heavy atom. The first-order chi connectivity index (χ1) is 9.70. The third kappa shape index (κ3) is 3.29. The van der Waals surface area contributed by atoms with Gasteiger partial charge < -0.3 is 0 Å². The van der Waals surface area contributed by atoms with E-state index in [2.05, 4.69) is 11.9 Å². The molecule has 3 unspecified atom stereocenters. The average Bonchev–Trinajstić information content (AvgIpc) is 3.01. The van der Waals surface area contributed by atoms with E-state index in [4.69, 9.17) is 0 Å². The van der Waals surface area contributed by atoms with E-state index >= 15 is 0 Å². The summed E-state index contributed by atoms with van der Waals surface area (Å²) in [5, 5.41) is 0. The number of benzene rings is 1. The monoisotopic (exact) mass is 271 g/mol. The van der Waals surface area contributed by atoms with Gasteiger partial charge in [0.25, 0.3) is 0 Å². The molecule has 0 radical (unpaired) electrons. The second-order valence-electron chi connectivity index (χ2n) is 6.83. The molecule has 3 rings (SSSR count). The van der Waals surface area contributed by atoms with Gasteiger partial charge in [-0.25, -0.2) is 0 Å². The van der Waals surface area contributed by atoms with Gasteiger partial charge in [0.15, 0.2) is 5.78 Å². The SMILES string of the molecule is CN(CC(=O)Cc1ccccc1)CC1CC2CCC1C2. The summed E-state index contributed by atoms with van der Waals surface area (Å²) in [6, 6.07) is 10.1. The number of carbonyl (C=O) groups is 1. The molecule has 0 N–H and O–H groups in total. The zero-order valence-corrected chi connectivity index (χ0v) is 12.4. The van der Waals surface area contributed by atoms with Crippen molar-refractivity contribution >= 4 is 5.78 Å². The molecule has 2 bridgehead atoms. The maximum Gasteiger partial charge on any atom is 0.151 e. The van der Waals surface area contributed by atoms with E-state index in [1.165, 1.54) is 25.7 Å². The number of Topliss-reactive ketones (excluding diaryl/α,β-unsaturated/α-hetero) is 1. The van der Waals surface area contributed by atoms with Crippen LogP contribution in [0.3, 0.4) is 0 Å². The van der Waals surface area contributed by atoms with Crippen molar-refractivity contribution in [2.75, 3.05) is 20.1 Å². The second-order valence-corrected chi connectivity index (χ2v) is 6.83. The van der Waals surface area contributed by atoms with Crippen LogP contribution < -0.4 is 0 Å². The molecular weight excluding hydrogens is 246 g/mol. The highest BCUT2D eigenvalue weighted by molar-refractivity contribution is 5.82. The van der Waals surface area contributed by atoms with Gasteiger partial charge in [-0.1, -0.05) is 36.8 Å². The highest BCUT2D eigenvalue weighted by atomic mass is 16.1. The van der Waals surface area contributed by atoms with Crippen molar-refractivity contribution in [1.29, 1.82) is 0 Å². The topological polar surface area (TPSA) is 20.3 Å². The summed E-state index contributed by atoms with van der Waals surface area (Å²) in [7, 11) is 2.11. The number of ketones is 1. The third-order valence-corrected chi connectivity index (χ3v) is 5.12. The summed E-state index contributed by atoms with van der Waals surface area (Å²) in [6.07, 6.45) is 6.32. The average molecular weight is 271 g/mol. The third-order valence-electron chi connectivity index (χ3n) is 5.12. The maximum atomic E-state index is 12.1. The van der Waals surface area contributed by atoms with Gasteiger partial charge >= 0.3 is 0 Å². The van der Waals surface area contributed by atoms with Crippen LogP contribution in [0.2, 0.25) is 0 Å². The van der Waals surface area contributed by atoms with Crippen LogP contribution in [0.4, 0.5) is 0 Å². The van der Waals surface area contributed by atoms with Gasteiger partial charge in [-0.05, 0) is 49.6 Å². The Morgan fingerprint density at radius 1 is 1.20 bits per heavy atom. The molecule has 1 aromatic carbocycles. The Balaban J connectivity index is 1.44. The zero-order valence-electron chi connectivity index (χ0n) is 12.4. The van der Waals surface area contributed by atoms with E-state index in [0.717, 1.165) is 29.9 Å². The van der Waals surface area contributed by atoms with Crippen LogP contribution in [0, 0.1) is 17.8 Å². The molecule has 2 saturated carbocycles. The van der Waals surface area contributed by atoms with Crippen molar-refractivity contribution in [1.82, 2.24) is 4.90 Å². The number of nitrogens with zero attached hydrogens (tertiary/aromatic N) is 1. The molecule has 2 nitrogen and oxygen atoms in total. The lowest BCUT2D eigenvalue weighted by Crippen LogP contribution is -2.33. The molecular formula is C18H25NO. The first kappa shape index (κ1) is 13.8. The van der Waals surface area contributed by atoms with E-state index in [9.17, 15) is 4.79 Å². The summed E-state index contributed by atoms with van der Waals surface area (Å²) in [5.74, 6) is 3.13. The Hall–Kier alpha value is -1.15. The number of hydrogen-bond donors (Lipinski definition) is 0. The van der Waals surface area contributed by atoms with Crippen LogP contribution in [0.25, 0.3) is 0 Å². The molecule has 0 amide bonds. The van der Waals surface area contributed by atoms with Gasteiger partial charge in [-0.15, -0.1) is 0 Å². The molecule has 2 heteroatoms. The fourth-order valence-corrected chi connectivity index (χ4v) is 4.25. The van der Waals surface area contributed by atoms with Gasteiger partial charge in [-0.2, -0.15) is 0 Å². The maximum absolute atomic E-state index is 12.1. The Labute approximate surface area is 122 Å². The van der Waals surface area contributed by atoms with Crippen LogP contribution in [0.5, 0.6) is 0 Å². The second kappa shape index (κ2) is 6.09. The summed E-state index contributed by atoms with van der Waals surface area (Å²) in [5.41, 5.74) is 1.13. The summed E-state index contributed by atoms with van der Waals surface area (Å²) in [6.45, 7) is 1.71. The highest BCUT2D eigenvalue weighted by Crippen LogP contribution is 2.48. The fourth-order valence-electron chi connectivity index (χ4n) is 4.25. The molecule has 1 aromatic rings. The number of rotatable bonds is 6.